The molecule has 0 saturated heterocycles. The second kappa shape index (κ2) is 6.53. The van der Waals surface area contributed by atoms with Crippen LogP contribution in [0.4, 0.5) is 0 Å². The highest BCUT2D eigenvalue weighted by molar-refractivity contribution is 5.26. The zero-order chi connectivity index (χ0) is 13.7. The van der Waals surface area contributed by atoms with Gasteiger partial charge in [-0.25, -0.2) is 0 Å². The summed E-state index contributed by atoms with van der Waals surface area (Å²) in [4.78, 5) is 0. The molecule has 0 spiro atoms. The molecule has 0 amide bonds. The zero-order valence-corrected chi connectivity index (χ0v) is 11.8. The molecule has 0 radical (unpaired) electrons. The normalized spacial score (nSPS) is 12.6. The number of benzene rings is 2. The molecule has 0 aliphatic rings. The summed E-state index contributed by atoms with van der Waals surface area (Å²) in [5.74, 6) is 0.706. The third kappa shape index (κ3) is 4.22. The molecule has 1 unspecified atom stereocenters. The molecule has 1 nitrogen and oxygen atoms in total. The fraction of sp³-hybridized carbons (Fsp3) is 0.333. The minimum absolute atomic E-state index is 0.0807. The summed E-state index contributed by atoms with van der Waals surface area (Å²) in [5.41, 5.74) is 10.2. The van der Waals surface area contributed by atoms with Crippen LogP contribution < -0.4 is 5.73 Å². The van der Waals surface area contributed by atoms with E-state index in [0.717, 1.165) is 12.8 Å². The Labute approximate surface area is 116 Å². The highest BCUT2D eigenvalue weighted by Crippen LogP contribution is 2.17. The van der Waals surface area contributed by atoms with Gasteiger partial charge in [0.1, 0.15) is 0 Å². The Morgan fingerprint density at radius 2 is 1.32 bits per heavy atom. The maximum atomic E-state index is 6.25. The predicted octanol–water partition coefficient (Wildman–Crippen LogP) is 4.13. The number of hydrogen-bond donors (Lipinski definition) is 1. The van der Waals surface area contributed by atoms with E-state index in [1.165, 1.54) is 16.7 Å². The van der Waals surface area contributed by atoms with Crippen molar-refractivity contribution in [2.75, 3.05) is 0 Å². The van der Waals surface area contributed by atoms with E-state index in [1.807, 2.05) is 18.2 Å². The van der Waals surface area contributed by atoms with Gasteiger partial charge in [0.05, 0.1) is 0 Å². The average Bonchev–Trinajstić information content (AvgIpc) is 2.41. The lowest BCUT2D eigenvalue weighted by Crippen LogP contribution is -2.13. The molecule has 1 heteroatoms. The van der Waals surface area contributed by atoms with Gasteiger partial charge >= 0.3 is 0 Å². The van der Waals surface area contributed by atoms with Crippen molar-refractivity contribution in [1.29, 1.82) is 0 Å². The summed E-state index contributed by atoms with van der Waals surface area (Å²) in [5, 5.41) is 0. The van der Waals surface area contributed by atoms with Crippen LogP contribution in [0.5, 0.6) is 0 Å². The molecule has 0 aliphatic heterocycles. The van der Waals surface area contributed by atoms with Crippen molar-refractivity contribution in [3.63, 3.8) is 0 Å². The van der Waals surface area contributed by atoms with Gasteiger partial charge in [0.15, 0.2) is 0 Å². The highest BCUT2D eigenvalue weighted by atomic mass is 14.6. The summed E-state index contributed by atoms with van der Waals surface area (Å²) in [6.07, 6.45) is 2.04. The molecular formula is C18H23N. The monoisotopic (exact) mass is 253 g/mol. The zero-order valence-electron chi connectivity index (χ0n) is 11.8. The van der Waals surface area contributed by atoms with Crippen LogP contribution in [0.1, 0.15) is 36.6 Å². The standard InChI is InChI=1S/C18H23N/c1-14(2)12-15-8-10-16(11-9-15)13-18(19)17-6-4-3-5-7-17/h3-11,14,18H,12-13,19H2,1-2H3. The van der Waals surface area contributed by atoms with Gasteiger partial charge in [-0.1, -0.05) is 68.4 Å². The first-order valence-corrected chi connectivity index (χ1v) is 7.03. The lowest BCUT2D eigenvalue weighted by Gasteiger charge is -2.13. The van der Waals surface area contributed by atoms with Crippen LogP contribution in [0.3, 0.4) is 0 Å². The fourth-order valence-corrected chi connectivity index (χ4v) is 2.35. The first-order chi connectivity index (χ1) is 9.15. The molecule has 0 bridgehead atoms. The third-order valence-corrected chi connectivity index (χ3v) is 3.35. The SMILES string of the molecule is CC(C)Cc1ccc(CC(N)c2ccccc2)cc1. The largest absolute Gasteiger partial charge is 0.324 e. The van der Waals surface area contributed by atoms with Crippen molar-refractivity contribution in [2.45, 2.75) is 32.7 Å². The van der Waals surface area contributed by atoms with Crippen LogP contribution in [-0.2, 0) is 12.8 Å². The van der Waals surface area contributed by atoms with Crippen LogP contribution in [0.25, 0.3) is 0 Å². The molecule has 0 aromatic heterocycles. The van der Waals surface area contributed by atoms with Crippen molar-refractivity contribution in [3.05, 3.63) is 71.3 Å². The molecule has 0 saturated carbocycles. The van der Waals surface area contributed by atoms with Gasteiger partial charge in [0, 0.05) is 6.04 Å². The Hall–Kier alpha value is -1.60. The van der Waals surface area contributed by atoms with Crippen LogP contribution in [0, 0.1) is 5.92 Å². The van der Waals surface area contributed by atoms with Crippen molar-refractivity contribution >= 4 is 0 Å². The van der Waals surface area contributed by atoms with Crippen molar-refractivity contribution < 1.29 is 0 Å². The molecule has 2 aromatic carbocycles. The van der Waals surface area contributed by atoms with E-state index >= 15 is 0 Å². The molecule has 0 aliphatic carbocycles. The van der Waals surface area contributed by atoms with E-state index in [0.29, 0.717) is 5.92 Å². The second-order valence-corrected chi connectivity index (χ2v) is 5.64. The van der Waals surface area contributed by atoms with E-state index in [2.05, 4.69) is 50.2 Å². The van der Waals surface area contributed by atoms with Crippen LogP contribution >= 0.6 is 0 Å². The minimum Gasteiger partial charge on any atom is -0.324 e. The first-order valence-electron chi connectivity index (χ1n) is 7.03. The van der Waals surface area contributed by atoms with E-state index in [4.69, 9.17) is 5.73 Å². The van der Waals surface area contributed by atoms with Crippen LogP contribution in [0.2, 0.25) is 0 Å². The Balaban J connectivity index is 1.99. The molecule has 2 N–H and O–H groups in total. The molecule has 19 heavy (non-hydrogen) atoms. The Morgan fingerprint density at radius 3 is 1.84 bits per heavy atom. The van der Waals surface area contributed by atoms with Crippen molar-refractivity contribution in [1.82, 2.24) is 0 Å². The van der Waals surface area contributed by atoms with Gasteiger partial charge in [0.2, 0.25) is 0 Å². The van der Waals surface area contributed by atoms with E-state index < -0.39 is 0 Å². The van der Waals surface area contributed by atoms with Gasteiger partial charge < -0.3 is 5.73 Å². The van der Waals surface area contributed by atoms with E-state index in [1.54, 1.807) is 0 Å². The molecule has 0 fully saturated rings. The maximum absolute atomic E-state index is 6.25. The first kappa shape index (κ1) is 13.8. The smallest absolute Gasteiger partial charge is 0.0335 e. The lowest BCUT2D eigenvalue weighted by atomic mass is 9.97. The summed E-state index contributed by atoms with van der Waals surface area (Å²) >= 11 is 0. The third-order valence-electron chi connectivity index (χ3n) is 3.35. The van der Waals surface area contributed by atoms with E-state index in [-0.39, 0.29) is 6.04 Å². The quantitative estimate of drug-likeness (QED) is 0.852. The van der Waals surface area contributed by atoms with Crippen molar-refractivity contribution in [2.24, 2.45) is 11.7 Å². The average molecular weight is 253 g/mol. The molecule has 1 atom stereocenters. The fourth-order valence-electron chi connectivity index (χ4n) is 2.35. The predicted molar refractivity (Wildman–Crippen MR) is 82.1 cm³/mol. The van der Waals surface area contributed by atoms with Crippen molar-refractivity contribution in [3.8, 4) is 0 Å². The van der Waals surface area contributed by atoms with Gasteiger partial charge in [-0.3, -0.25) is 0 Å². The molecule has 2 rings (SSSR count). The molecule has 2 aromatic rings. The summed E-state index contributed by atoms with van der Waals surface area (Å²) in [7, 11) is 0. The second-order valence-electron chi connectivity index (χ2n) is 5.64. The Bertz CT molecular complexity index is 485. The Kier molecular flexibility index (Phi) is 4.75. The van der Waals surface area contributed by atoms with Gasteiger partial charge in [-0.05, 0) is 35.4 Å². The maximum Gasteiger partial charge on any atom is 0.0335 e. The topological polar surface area (TPSA) is 26.0 Å². The Morgan fingerprint density at radius 1 is 0.789 bits per heavy atom. The van der Waals surface area contributed by atoms with Gasteiger partial charge in [-0.15, -0.1) is 0 Å². The number of rotatable bonds is 5. The highest BCUT2D eigenvalue weighted by Gasteiger charge is 2.06. The van der Waals surface area contributed by atoms with Crippen LogP contribution in [0.15, 0.2) is 54.6 Å². The summed E-state index contributed by atoms with van der Waals surface area (Å²) < 4.78 is 0. The molecule has 100 valence electrons. The molecular weight excluding hydrogens is 230 g/mol. The summed E-state index contributed by atoms with van der Waals surface area (Å²) in [6.45, 7) is 4.50. The molecule has 0 heterocycles. The number of nitrogens with two attached hydrogens (primary N) is 1. The van der Waals surface area contributed by atoms with E-state index in [9.17, 15) is 0 Å². The van der Waals surface area contributed by atoms with Gasteiger partial charge in [-0.2, -0.15) is 0 Å². The number of hydrogen-bond acceptors (Lipinski definition) is 1. The van der Waals surface area contributed by atoms with Crippen LogP contribution in [-0.4, -0.2) is 0 Å². The minimum atomic E-state index is 0.0807. The van der Waals surface area contributed by atoms with Gasteiger partial charge in [0.25, 0.3) is 0 Å². The summed E-state index contributed by atoms with van der Waals surface area (Å²) in [6, 6.07) is 19.3. The lowest BCUT2D eigenvalue weighted by molar-refractivity contribution is 0.646.